The van der Waals surface area contributed by atoms with Crippen molar-refractivity contribution in [1.82, 2.24) is 24.1 Å². The van der Waals surface area contributed by atoms with Crippen LogP contribution in [-0.4, -0.2) is 30.1 Å². The van der Waals surface area contributed by atoms with Crippen LogP contribution in [0, 0.1) is 6.92 Å². The first-order chi connectivity index (χ1) is 12.6. The van der Waals surface area contributed by atoms with Crippen LogP contribution >= 0.6 is 11.6 Å². The summed E-state index contributed by atoms with van der Waals surface area (Å²) in [6, 6.07) is 8.91. The normalized spacial score (nSPS) is 11.0. The van der Waals surface area contributed by atoms with E-state index in [1.54, 1.807) is 29.1 Å². The molecule has 1 amide bonds. The molecule has 0 saturated carbocycles. The predicted octanol–water partition coefficient (Wildman–Crippen LogP) is 3.19. The average molecular weight is 367 g/mol. The second kappa shape index (κ2) is 6.61. The van der Waals surface area contributed by atoms with E-state index in [2.05, 4.69) is 20.4 Å². The number of aromatic nitrogens is 5. The number of carbonyl (C=O) groups excluding carboxylic acids is 1. The lowest BCUT2D eigenvalue weighted by Crippen LogP contribution is -2.13. The number of fused-ring (bicyclic) bond motifs is 1. The van der Waals surface area contributed by atoms with Crippen molar-refractivity contribution in [3.8, 4) is 0 Å². The van der Waals surface area contributed by atoms with Crippen LogP contribution in [0.5, 0.6) is 0 Å². The molecule has 0 spiro atoms. The molecule has 130 valence electrons. The van der Waals surface area contributed by atoms with Crippen LogP contribution < -0.4 is 5.32 Å². The topological polar surface area (TPSA) is 77.1 Å². The van der Waals surface area contributed by atoms with Crippen molar-refractivity contribution in [3.05, 3.63) is 77.1 Å². The molecular formula is C18H15ClN6O. The second-order valence-corrected chi connectivity index (χ2v) is 6.31. The van der Waals surface area contributed by atoms with Crippen molar-refractivity contribution in [2.75, 3.05) is 5.32 Å². The van der Waals surface area contributed by atoms with E-state index >= 15 is 0 Å². The Balaban J connectivity index is 1.53. The van der Waals surface area contributed by atoms with Gasteiger partial charge in [0.15, 0.2) is 5.82 Å². The van der Waals surface area contributed by atoms with Crippen LogP contribution in [0.15, 0.2) is 55.1 Å². The fourth-order valence-electron chi connectivity index (χ4n) is 2.66. The zero-order valence-electron chi connectivity index (χ0n) is 13.9. The highest BCUT2D eigenvalue weighted by molar-refractivity contribution is 6.30. The smallest absolute Gasteiger partial charge is 0.258 e. The van der Waals surface area contributed by atoms with Crippen molar-refractivity contribution in [2.24, 2.45) is 0 Å². The third-order valence-electron chi connectivity index (χ3n) is 3.92. The van der Waals surface area contributed by atoms with Gasteiger partial charge in [0.05, 0.1) is 22.8 Å². The van der Waals surface area contributed by atoms with Gasteiger partial charge in [-0.3, -0.25) is 14.5 Å². The third-order valence-corrected chi connectivity index (χ3v) is 4.15. The number of nitrogens with one attached hydrogen (secondary N) is 1. The van der Waals surface area contributed by atoms with Gasteiger partial charge in [-0.2, -0.15) is 5.10 Å². The molecule has 0 aromatic carbocycles. The van der Waals surface area contributed by atoms with Crippen LogP contribution in [-0.2, 0) is 6.54 Å². The number of pyridine rings is 2. The molecular weight excluding hydrogens is 352 g/mol. The van der Waals surface area contributed by atoms with Crippen LogP contribution in [0.4, 0.5) is 5.82 Å². The Labute approximate surface area is 154 Å². The minimum absolute atomic E-state index is 0.245. The molecule has 0 bridgehead atoms. The number of anilines is 1. The van der Waals surface area contributed by atoms with E-state index in [1.807, 2.05) is 35.9 Å². The number of hydrogen-bond donors (Lipinski definition) is 1. The molecule has 4 rings (SSSR count). The number of halogens is 1. The molecule has 0 unspecified atom stereocenters. The number of amides is 1. The summed E-state index contributed by atoms with van der Waals surface area (Å²) >= 11 is 6.00. The fourth-order valence-corrected chi connectivity index (χ4v) is 2.83. The van der Waals surface area contributed by atoms with Crippen molar-refractivity contribution in [2.45, 2.75) is 13.5 Å². The van der Waals surface area contributed by atoms with Gasteiger partial charge >= 0.3 is 0 Å². The van der Waals surface area contributed by atoms with Crippen molar-refractivity contribution < 1.29 is 4.79 Å². The highest BCUT2D eigenvalue weighted by atomic mass is 35.5. The van der Waals surface area contributed by atoms with Crippen LogP contribution in [0.25, 0.3) is 5.65 Å². The van der Waals surface area contributed by atoms with Crippen molar-refractivity contribution in [1.29, 1.82) is 0 Å². The molecule has 4 aromatic heterocycles. The SMILES string of the molecule is Cc1cc(NC(=O)c2cccnc2)nn1Cc1cn2cc(Cl)ccc2n1. The molecule has 1 N–H and O–H groups in total. The predicted molar refractivity (Wildman–Crippen MR) is 98.5 cm³/mol. The summed E-state index contributed by atoms with van der Waals surface area (Å²) in [4.78, 5) is 20.7. The summed E-state index contributed by atoms with van der Waals surface area (Å²) in [6.45, 7) is 2.42. The summed E-state index contributed by atoms with van der Waals surface area (Å²) in [5, 5.41) is 7.88. The van der Waals surface area contributed by atoms with Gasteiger partial charge < -0.3 is 9.72 Å². The molecule has 0 aliphatic heterocycles. The van der Waals surface area contributed by atoms with Crippen LogP contribution in [0.2, 0.25) is 5.02 Å². The first-order valence-electron chi connectivity index (χ1n) is 7.97. The first-order valence-corrected chi connectivity index (χ1v) is 8.35. The Bertz CT molecular complexity index is 1090. The lowest BCUT2D eigenvalue weighted by molar-refractivity contribution is 0.102. The van der Waals surface area contributed by atoms with Gasteiger partial charge in [-0.1, -0.05) is 11.6 Å². The number of carbonyl (C=O) groups is 1. The van der Waals surface area contributed by atoms with Crippen molar-refractivity contribution in [3.63, 3.8) is 0 Å². The van der Waals surface area contributed by atoms with Crippen LogP contribution in [0.3, 0.4) is 0 Å². The van der Waals surface area contributed by atoms with Gasteiger partial charge in [0.1, 0.15) is 5.65 Å². The number of hydrogen-bond acceptors (Lipinski definition) is 4. The summed E-state index contributed by atoms with van der Waals surface area (Å²) in [5.41, 5.74) is 3.07. The largest absolute Gasteiger partial charge is 0.305 e. The Hall–Kier alpha value is -3.19. The average Bonchev–Trinajstić information content (AvgIpc) is 3.18. The van der Waals surface area contributed by atoms with E-state index < -0.39 is 0 Å². The molecule has 0 aliphatic carbocycles. The highest BCUT2D eigenvalue weighted by Gasteiger charge is 2.11. The second-order valence-electron chi connectivity index (χ2n) is 5.87. The molecule has 0 atom stereocenters. The standard InChI is InChI=1S/C18H15ClN6O/c1-12-7-16(22-18(26)13-3-2-6-20-8-13)23-25(12)11-15-10-24-9-14(19)4-5-17(24)21-15/h2-10H,11H2,1H3,(H,22,23,26). The lowest BCUT2D eigenvalue weighted by Gasteiger charge is -2.02. The van der Waals surface area contributed by atoms with Gasteiger partial charge in [0, 0.05) is 36.5 Å². The molecule has 4 aromatic rings. The molecule has 7 nitrogen and oxygen atoms in total. The van der Waals surface area contributed by atoms with Gasteiger partial charge in [0.2, 0.25) is 0 Å². The zero-order chi connectivity index (χ0) is 18.1. The van der Waals surface area contributed by atoms with Crippen LogP contribution in [0.1, 0.15) is 21.7 Å². The first kappa shape index (κ1) is 16.3. The van der Waals surface area contributed by atoms with Gasteiger partial charge in [-0.15, -0.1) is 0 Å². The molecule has 0 fully saturated rings. The molecule has 0 aliphatic rings. The van der Waals surface area contributed by atoms with Gasteiger partial charge in [0.25, 0.3) is 5.91 Å². The Morgan fingerprint density at radius 2 is 2.15 bits per heavy atom. The van der Waals surface area contributed by atoms with E-state index in [0.717, 1.165) is 17.0 Å². The maximum absolute atomic E-state index is 12.2. The fraction of sp³-hybridized carbons (Fsp3) is 0.111. The van der Waals surface area contributed by atoms with Gasteiger partial charge in [-0.25, -0.2) is 4.98 Å². The van der Waals surface area contributed by atoms with E-state index in [1.165, 1.54) is 6.20 Å². The molecule has 26 heavy (non-hydrogen) atoms. The van der Waals surface area contributed by atoms with Crippen molar-refractivity contribution >= 4 is 29.0 Å². The number of aryl methyl sites for hydroxylation is 1. The lowest BCUT2D eigenvalue weighted by atomic mass is 10.3. The summed E-state index contributed by atoms with van der Waals surface area (Å²) in [5.74, 6) is 0.244. The van der Waals surface area contributed by atoms with E-state index in [-0.39, 0.29) is 5.91 Å². The van der Waals surface area contributed by atoms with E-state index in [4.69, 9.17) is 11.6 Å². The third kappa shape index (κ3) is 3.29. The number of rotatable bonds is 4. The van der Waals surface area contributed by atoms with E-state index in [0.29, 0.717) is 22.9 Å². The summed E-state index contributed by atoms with van der Waals surface area (Å²) < 4.78 is 3.67. The Kier molecular flexibility index (Phi) is 4.14. The quantitative estimate of drug-likeness (QED) is 0.601. The molecule has 0 radical (unpaired) electrons. The monoisotopic (exact) mass is 366 g/mol. The molecule has 4 heterocycles. The van der Waals surface area contributed by atoms with E-state index in [9.17, 15) is 4.79 Å². The molecule has 8 heteroatoms. The minimum atomic E-state index is -0.245. The Morgan fingerprint density at radius 3 is 2.96 bits per heavy atom. The highest BCUT2D eigenvalue weighted by Crippen LogP contribution is 2.15. The Morgan fingerprint density at radius 1 is 1.27 bits per heavy atom. The van der Waals surface area contributed by atoms with Gasteiger partial charge in [-0.05, 0) is 31.2 Å². The maximum atomic E-state index is 12.2. The molecule has 0 saturated heterocycles. The number of nitrogens with zero attached hydrogens (tertiary/aromatic N) is 5. The summed E-state index contributed by atoms with van der Waals surface area (Å²) in [7, 11) is 0. The minimum Gasteiger partial charge on any atom is -0.305 e. The maximum Gasteiger partial charge on any atom is 0.258 e. The summed E-state index contributed by atoms with van der Waals surface area (Å²) in [6.07, 6.45) is 6.86. The zero-order valence-corrected chi connectivity index (χ0v) is 14.7. The number of imidazole rings is 1.